The van der Waals surface area contributed by atoms with Gasteiger partial charge in [-0.2, -0.15) is 0 Å². The molecule has 1 atom stereocenters. The lowest BCUT2D eigenvalue weighted by Crippen LogP contribution is -2.53. The van der Waals surface area contributed by atoms with Gasteiger partial charge < -0.3 is 14.2 Å². The van der Waals surface area contributed by atoms with Gasteiger partial charge in [-0.1, -0.05) is 73.5 Å². The molecule has 0 saturated carbocycles. The Bertz CT molecular complexity index is 1590. The molecule has 3 aromatic carbocycles. The van der Waals surface area contributed by atoms with Crippen molar-refractivity contribution in [2.24, 2.45) is 0 Å². The van der Waals surface area contributed by atoms with Gasteiger partial charge in [0.05, 0.1) is 23.2 Å². The van der Waals surface area contributed by atoms with Crippen molar-refractivity contribution in [3.05, 3.63) is 111 Å². The Kier molecular flexibility index (Phi) is 5.07. The van der Waals surface area contributed by atoms with Crippen LogP contribution in [0.4, 0.5) is 5.69 Å². The van der Waals surface area contributed by atoms with Crippen molar-refractivity contribution in [3.8, 4) is 0 Å². The molecule has 0 radical (unpaired) electrons. The second-order valence-electron chi connectivity index (χ2n) is 9.55. The van der Waals surface area contributed by atoms with Crippen LogP contribution < -0.4 is 10.3 Å². The van der Waals surface area contributed by atoms with E-state index >= 15 is 0 Å². The molecular weight excluding hydrogens is 452 g/mol. The van der Waals surface area contributed by atoms with Crippen LogP contribution in [0, 0.1) is 6.92 Å². The molecule has 3 heterocycles. The third-order valence-corrected chi connectivity index (χ3v) is 7.34. The average molecular weight is 479 g/mol. The molecule has 6 heteroatoms. The zero-order chi connectivity index (χ0) is 25.0. The van der Waals surface area contributed by atoms with E-state index in [1.54, 1.807) is 34.1 Å². The monoisotopic (exact) mass is 478 g/mol. The smallest absolute Gasteiger partial charge is 0.291 e. The Hall–Kier alpha value is -4.19. The summed E-state index contributed by atoms with van der Waals surface area (Å²) in [6, 6.07) is 22.4. The van der Waals surface area contributed by atoms with Crippen molar-refractivity contribution >= 4 is 28.5 Å². The van der Waals surface area contributed by atoms with Crippen LogP contribution >= 0.6 is 0 Å². The van der Waals surface area contributed by atoms with Gasteiger partial charge >= 0.3 is 0 Å². The number of carbonyl (C=O) groups is 2. The zero-order valence-corrected chi connectivity index (χ0v) is 20.3. The Morgan fingerprint density at radius 2 is 1.61 bits per heavy atom. The number of aryl methyl sites for hydroxylation is 1. The minimum Gasteiger partial charge on any atom is -0.450 e. The van der Waals surface area contributed by atoms with Crippen LogP contribution in [0.15, 0.2) is 82.0 Å². The lowest BCUT2D eigenvalue weighted by Gasteiger charge is -2.34. The highest BCUT2D eigenvalue weighted by Gasteiger charge is 2.64. The van der Waals surface area contributed by atoms with Gasteiger partial charge in [0.1, 0.15) is 5.58 Å². The van der Waals surface area contributed by atoms with Crippen LogP contribution in [0.1, 0.15) is 52.6 Å². The van der Waals surface area contributed by atoms with Crippen molar-refractivity contribution in [1.29, 1.82) is 0 Å². The molecule has 6 rings (SSSR count). The van der Waals surface area contributed by atoms with Crippen molar-refractivity contribution in [3.63, 3.8) is 0 Å². The number of hydrogen-bond donors (Lipinski definition) is 0. The van der Waals surface area contributed by atoms with E-state index in [4.69, 9.17) is 4.42 Å². The molecule has 6 nitrogen and oxygen atoms in total. The van der Waals surface area contributed by atoms with E-state index in [2.05, 4.69) is 0 Å². The number of benzene rings is 3. The summed E-state index contributed by atoms with van der Waals surface area (Å²) >= 11 is 0. The van der Waals surface area contributed by atoms with Gasteiger partial charge in [0.2, 0.25) is 5.76 Å². The molecule has 4 aromatic rings. The van der Waals surface area contributed by atoms with E-state index in [0.29, 0.717) is 41.7 Å². The highest BCUT2D eigenvalue weighted by molar-refractivity contribution is 6.17. The summed E-state index contributed by atoms with van der Waals surface area (Å²) in [5, 5.41) is 0.364. The van der Waals surface area contributed by atoms with Gasteiger partial charge in [-0.3, -0.25) is 14.4 Å². The van der Waals surface area contributed by atoms with Gasteiger partial charge in [-0.25, -0.2) is 0 Å². The summed E-state index contributed by atoms with van der Waals surface area (Å²) in [7, 11) is 0. The standard InChI is InChI=1S/C30H26N2O4/c1-3-4-17-32-28(34)27-25(26(33)21-9-5-8-12-24(21)36-27)30(32)22-10-6-7-11-23(22)31(29(30)35)18-20-15-13-19(2)14-16-20/h5-16H,3-4,17-18H2,1-2H3. The summed E-state index contributed by atoms with van der Waals surface area (Å²) in [4.78, 5) is 45.7. The highest BCUT2D eigenvalue weighted by atomic mass is 16.3. The molecule has 0 bridgehead atoms. The first-order chi connectivity index (χ1) is 17.5. The number of hydrogen-bond acceptors (Lipinski definition) is 4. The number of amides is 2. The Labute approximate surface area is 208 Å². The predicted molar refractivity (Wildman–Crippen MR) is 138 cm³/mol. The van der Waals surface area contributed by atoms with Crippen LogP contribution in [0.25, 0.3) is 11.0 Å². The van der Waals surface area contributed by atoms with Crippen molar-refractivity contribution < 1.29 is 14.0 Å². The van der Waals surface area contributed by atoms with Gasteiger partial charge in [0.15, 0.2) is 11.0 Å². The fourth-order valence-electron chi connectivity index (χ4n) is 5.59. The van der Waals surface area contributed by atoms with Crippen LogP contribution in [0.3, 0.4) is 0 Å². The molecule has 0 N–H and O–H groups in total. The van der Waals surface area contributed by atoms with E-state index in [0.717, 1.165) is 17.5 Å². The van der Waals surface area contributed by atoms with Crippen LogP contribution in [0.2, 0.25) is 0 Å². The number of nitrogens with zero attached hydrogens (tertiary/aromatic N) is 2. The molecule has 0 aliphatic carbocycles. The summed E-state index contributed by atoms with van der Waals surface area (Å²) in [6.45, 7) is 4.73. The Balaban J connectivity index is 1.63. The van der Waals surface area contributed by atoms with E-state index in [9.17, 15) is 14.4 Å². The van der Waals surface area contributed by atoms with Gasteiger partial charge in [-0.05, 0) is 37.1 Å². The van der Waals surface area contributed by atoms with Gasteiger partial charge in [-0.15, -0.1) is 0 Å². The van der Waals surface area contributed by atoms with Gasteiger partial charge in [0, 0.05) is 12.1 Å². The summed E-state index contributed by atoms with van der Waals surface area (Å²) in [5.74, 6) is -0.744. The third-order valence-electron chi connectivity index (χ3n) is 7.34. The maximum atomic E-state index is 14.6. The van der Waals surface area contributed by atoms with Crippen LogP contribution in [-0.2, 0) is 16.9 Å². The van der Waals surface area contributed by atoms with Crippen LogP contribution in [0.5, 0.6) is 0 Å². The summed E-state index contributed by atoms with van der Waals surface area (Å²) in [5.41, 5.74) is 2.05. The first-order valence-electron chi connectivity index (χ1n) is 12.3. The second-order valence-corrected chi connectivity index (χ2v) is 9.55. The molecule has 0 saturated heterocycles. The number of unbranched alkanes of at least 4 members (excludes halogenated alkanes) is 1. The Morgan fingerprint density at radius 3 is 2.39 bits per heavy atom. The molecular formula is C30H26N2O4. The molecule has 1 aromatic heterocycles. The van der Waals surface area contributed by atoms with Crippen molar-refractivity contribution in [2.75, 3.05) is 11.4 Å². The van der Waals surface area contributed by atoms with Gasteiger partial charge in [0.25, 0.3) is 11.8 Å². The molecule has 2 amide bonds. The third kappa shape index (κ3) is 2.94. The first kappa shape index (κ1) is 22.3. The predicted octanol–water partition coefficient (Wildman–Crippen LogP) is 5.15. The topological polar surface area (TPSA) is 70.8 Å². The van der Waals surface area contributed by atoms with E-state index in [1.807, 2.05) is 62.4 Å². The first-order valence-corrected chi connectivity index (χ1v) is 12.3. The quantitative estimate of drug-likeness (QED) is 0.398. The maximum Gasteiger partial charge on any atom is 0.291 e. The summed E-state index contributed by atoms with van der Waals surface area (Å²) in [6.07, 6.45) is 1.53. The second kappa shape index (κ2) is 8.19. The maximum absolute atomic E-state index is 14.6. The van der Waals surface area contributed by atoms with E-state index in [-0.39, 0.29) is 22.7 Å². The summed E-state index contributed by atoms with van der Waals surface area (Å²) < 4.78 is 6.06. The van der Waals surface area contributed by atoms with Crippen molar-refractivity contribution in [2.45, 2.75) is 38.8 Å². The molecule has 0 fully saturated rings. The largest absolute Gasteiger partial charge is 0.450 e. The number of para-hydroxylation sites is 2. The minimum absolute atomic E-state index is 0.0323. The normalized spacial score (nSPS) is 18.4. The fraction of sp³-hybridized carbons (Fsp3) is 0.233. The lowest BCUT2D eigenvalue weighted by atomic mass is 9.84. The molecule has 1 unspecified atom stereocenters. The number of carbonyl (C=O) groups excluding carboxylic acids is 2. The molecule has 2 aliphatic rings. The number of anilines is 1. The lowest BCUT2D eigenvalue weighted by molar-refractivity contribution is -0.126. The SMILES string of the molecule is CCCCN1C(=O)c2oc3ccccc3c(=O)c2C12C(=O)N(Cc1ccc(C)cc1)c1ccccc12. The molecule has 36 heavy (non-hydrogen) atoms. The molecule has 180 valence electrons. The van der Waals surface area contributed by atoms with Crippen molar-refractivity contribution in [1.82, 2.24) is 4.90 Å². The number of rotatable bonds is 5. The van der Waals surface area contributed by atoms with Crippen LogP contribution in [-0.4, -0.2) is 23.3 Å². The van der Waals surface area contributed by atoms with E-state index in [1.165, 1.54) is 0 Å². The molecule has 1 spiro atoms. The minimum atomic E-state index is -1.55. The zero-order valence-electron chi connectivity index (χ0n) is 20.3. The number of fused-ring (bicyclic) bond motifs is 5. The molecule has 2 aliphatic heterocycles. The highest BCUT2D eigenvalue weighted by Crippen LogP contribution is 2.52. The van der Waals surface area contributed by atoms with E-state index < -0.39 is 11.4 Å². The fourth-order valence-corrected chi connectivity index (χ4v) is 5.59. The average Bonchev–Trinajstić information content (AvgIpc) is 3.29. The Morgan fingerprint density at radius 1 is 0.889 bits per heavy atom.